The summed E-state index contributed by atoms with van der Waals surface area (Å²) in [7, 11) is 1.67. The highest BCUT2D eigenvalue weighted by Gasteiger charge is 1.96. The van der Waals surface area contributed by atoms with Crippen molar-refractivity contribution in [1.29, 1.82) is 0 Å². The Hall–Kier alpha value is -1.51. The molecule has 0 atom stereocenters. The van der Waals surface area contributed by atoms with E-state index in [2.05, 4.69) is 29.4 Å². The van der Waals surface area contributed by atoms with Gasteiger partial charge in [-0.2, -0.15) is 0 Å². The van der Waals surface area contributed by atoms with Gasteiger partial charge in [-0.15, -0.1) is 0 Å². The lowest BCUT2D eigenvalue weighted by molar-refractivity contribution is 0.892. The van der Waals surface area contributed by atoms with Gasteiger partial charge in [0.25, 0.3) is 0 Å². The maximum Gasteiger partial charge on any atom is 0.188 e. The molecule has 1 aromatic carbocycles. The van der Waals surface area contributed by atoms with Crippen LogP contribution in [0.25, 0.3) is 0 Å². The molecule has 13 heavy (non-hydrogen) atoms. The molecule has 1 rings (SSSR count). The van der Waals surface area contributed by atoms with Gasteiger partial charge in [0.1, 0.15) is 0 Å². The maximum absolute atomic E-state index is 5.51. The Morgan fingerprint density at radius 3 is 2.77 bits per heavy atom. The van der Waals surface area contributed by atoms with Gasteiger partial charge >= 0.3 is 0 Å². The van der Waals surface area contributed by atoms with Gasteiger partial charge in [-0.3, -0.25) is 4.99 Å². The van der Waals surface area contributed by atoms with Crippen molar-refractivity contribution < 1.29 is 0 Å². The molecule has 3 nitrogen and oxygen atoms in total. The Labute approximate surface area is 78.7 Å². The van der Waals surface area contributed by atoms with Crippen molar-refractivity contribution in [3.8, 4) is 0 Å². The molecule has 3 heteroatoms. The molecule has 0 saturated carbocycles. The third kappa shape index (κ3) is 2.78. The van der Waals surface area contributed by atoms with Crippen LogP contribution < -0.4 is 11.1 Å². The smallest absolute Gasteiger partial charge is 0.188 e. The van der Waals surface area contributed by atoms with E-state index in [1.807, 2.05) is 12.1 Å². The van der Waals surface area contributed by atoms with Crippen LogP contribution >= 0.6 is 0 Å². The molecular weight excluding hydrogens is 162 g/mol. The lowest BCUT2D eigenvalue weighted by Gasteiger charge is -2.07. The van der Waals surface area contributed by atoms with E-state index in [0.717, 1.165) is 6.54 Å². The molecule has 0 amide bonds. The zero-order valence-corrected chi connectivity index (χ0v) is 8.04. The van der Waals surface area contributed by atoms with Crippen LogP contribution in [0.5, 0.6) is 0 Å². The predicted molar refractivity (Wildman–Crippen MR) is 55.6 cm³/mol. The second kappa shape index (κ2) is 4.50. The van der Waals surface area contributed by atoms with Gasteiger partial charge in [0.15, 0.2) is 5.96 Å². The van der Waals surface area contributed by atoms with Gasteiger partial charge in [0.05, 0.1) is 0 Å². The van der Waals surface area contributed by atoms with E-state index in [4.69, 9.17) is 5.73 Å². The summed E-state index contributed by atoms with van der Waals surface area (Å²) in [4.78, 5) is 3.82. The fourth-order valence-corrected chi connectivity index (χ4v) is 1.07. The van der Waals surface area contributed by atoms with E-state index in [0.29, 0.717) is 5.96 Å². The summed E-state index contributed by atoms with van der Waals surface area (Å²) in [5.41, 5.74) is 8.02. The van der Waals surface area contributed by atoms with Crippen LogP contribution in [-0.2, 0) is 6.54 Å². The SMILES string of the molecule is CN=C(N)NCc1ccccc1C. The molecule has 1 aromatic rings. The molecule has 0 radical (unpaired) electrons. The number of benzene rings is 1. The number of guanidine groups is 1. The van der Waals surface area contributed by atoms with Crippen LogP contribution in [0, 0.1) is 6.92 Å². The van der Waals surface area contributed by atoms with Crippen LogP contribution in [0.15, 0.2) is 29.3 Å². The van der Waals surface area contributed by atoms with Crippen LogP contribution in [0.4, 0.5) is 0 Å². The normalized spacial score (nSPS) is 11.4. The Morgan fingerprint density at radius 2 is 2.15 bits per heavy atom. The Balaban J connectivity index is 2.60. The summed E-state index contributed by atoms with van der Waals surface area (Å²) < 4.78 is 0. The van der Waals surface area contributed by atoms with Crippen molar-refractivity contribution in [3.63, 3.8) is 0 Å². The van der Waals surface area contributed by atoms with E-state index in [1.54, 1.807) is 7.05 Å². The Kier molecular flexibility index (Phi) is 3.31. The minimum absolute atomic E-state index is 0.475. The monoisotopic (exact) mass is 177 g/mol. The second-order valence-electron chi connectivity index (χ2n) is 2.89. The van der Waals surface area contributed by atoms with E-state index in [9.17, 15) is 0 Å². The van der Waals surface area contributed by atoms with Gasteiger partial charge in [-0.1, -0.05) is 24.3 Å². The van der Waals surface area contributed by atoms with Crippen LogP contribution in [0.2, 0.25) is 0 Å². The minimum Gasteiger partial charge on any atom is -0.370 e. The van der Waals surface area contributed by atoms with Crippen molar-refractivity contribution in [2.75, 3.05) is 7.05 Å². The molecule has 0 aromatic heterocycles. The highest BCUT2D eigenvalue weighted by atomic mass is 15.1. The Bertz CT molecular complexity index is 305. The average molecular weight is 177 g/mol. The fraction of sp³-hybridized carbons (Fsp3) is 0.300. The zero-order valence-electron chi connectivity index (χ0n) is 8.04. The molecule has 0 heterocycles. The highest BCUT2D eigenvalue weighted by Crippen LogP contribution is 2.05. The summed E-state index contributed by atoms with van der Waals surface area (Å²) in [6.45, 7) is 2.81. The quantitative estimate of drug-likeness (QED) is 0.523. The number of nitrogens with one attached hydrogen (secondary N) is 1. The van der Waals surface area contributed by atoms with Crippen molar-refractivity contribution >= 4 is 5.96 Å². The largest absolute Gasteiger partial charge is 0.370 e. The summed E-state index contributed by atoms with van der Waals surface area (Å²) in [5, 5.41) is 3.02. The minimum atomic E-state index is 0.475. The number of aliphatic imine (C=N–C) groups is 1. The van der Waals surface area contributed by atoms with Gasteiger partial charge in [-0.05, 0) is 18.1 Å². The predicted octanol–water partition coefficient (Wildman–Crippen LogP) is 1.03. The molecule has 0 fully saturated rings. The van der Waals surface area contributed by atoms with E-state index < -0.39 is 0 Å². The van der Waals surface area contributed by atoms with Crippen molar-refractivity contribution in [2.24, 2.45) is 10.7 Å². The van der Waals surface area contributed by atoms with Crippen LogP contribution in [-0.4, -0.2) is 13.0 Å². The van der Waals surface area contributed by atoms with Gasteiger partial charge in [0.2, 0.25) is 0 Å². The van der Waals surface area contributed by atoms with Gasteiger partial charge < -0.3 is 11.1 Å². The number of hydrogen-bond donors (Lipinski definition) is 2. The lowest BCUT2D eigenvalue weighted by atomic mass is 10.1. The number of nitrogens with two attached hydrogens (primary N) is 1. The number of rotatable bonds is 2. The van der Waals surface area contributed by atoms with Crippen LogP contribution in [0.3, 0.4) is 0 Å². The van der Waals surface area contributed by atoms with Gasteiger partial charge in [-0.25, -0.2) is 0 Å². The van der Waals surface area contributed by atoms with Gasteiger partial charge in [0, 0.05) is 13.6 Å². The zero-order chi connectivity index (χ0) is 9.68. The topological polar surface area (TPSA) is 50.4 Å². The highest BCUT2D eigenvalue weighted by molar-refractivity contribution is 5.77. The first kappa shape index (κ1) is 9.58. The van der Waals surface area contributed by atoms with Crippen molar-refractivity contribution in [3.05, 3.63) is 35.4 Å². The molecule has 0 aliphatic rings. The lowest BCUT2D eigenvalue weighted by Crippen LogP contribution is -2.30. The number of hydrogen-bond acceptors (Lipinski definition) is 1. The molecule has 0 unspecified atom stereocenters. The van der Waals surface area contributed by atoms with Crippen LogP contribution in [0.1, 0.15) is 11.1 Å². The molecule has 0 aliphatic carbocycles. The van der Waals surface area contributed by atoms with Crippen molar-refractivity contribution in [2.45, 2.75) is 13.5 Å². The first-order chi connectivity index (χ1) is 6.24. The van der Waals surface area contributed by atoms with Crippen molar-refractivity contribution in [1.82, 2.24) is 5.32 Å². The molecular formula is C10H15N3. The summed E-state index contributed by atoms with van der Waals surface area (Å²) in [6, 6.07) is 8.20. The molecule has 0 saturated heterocycles. The molecule has 0 spiro atoms. The van der Waals surface area contributed by atoms with E-state index in [-0.39, 0.29) is 0 Å². The summed E-state index contributed by atoms with van der Waals surface area (Å²) in [6.07, 6.45) is 0. The standard InChI is InChI=1S/C10H15N3/c1-8-5-3-4-6-9(8)7-13-10(11)12-2/h3-6H,7H2,1-2H3,(H3,11,12,13). The van der Waals surface area contributed by atoms with E-state index in [1.165, 1.54) is 11.1 Å². The third-order valence-electron chi connectivity index (χ3n) is 1.96. The number of nitrogens with zero attached hydrogens (tertiary/aromatic N) is 1. The summed E-state index contributed by atoms with van der Waals surface area (Å²) >= 11 is 0. The second-order valence-corrected chi connectivity index (χ2v) is 2.89. The third-order valence-corrected chi connectivity index (χ3v) is 1.96. The maximum atomic E-state index is 5.51. The number of aryl methyl sites for hydroxylation is 1. The van der Waals surface area contributed by atoms with E-state index >= 15 is 0 Å². The fourth-order valence-electron chi connectivity index (χ4n) is 1.07. The average Bonchev–Trinajstić information content (AvgIpc) is 2.16. The Morgan fingerprint density at radius 1 is 1.46 bits per heavy atom. The summed E-state index contributed by atoms with van der Waals surface area (Å²) in [5.74, 6) is 0.475. The molecule has 0 aliphatic heterocycles. The first-order valence-corrected chi connectivity index (χ1v) is 4.24. The molecule has 70 valence electrons. The molecule has 0 bridgehead atoms. The molecule has 3 N–H and O–H groups in total. The first-order valence-electron chi connectivity index (χ1n) is 4.24.